The Kier molecular flexibility index (Phi) is 5.15. The molecule has 1 amide bonds. The van der Waals surface area contributed by atoms with E-state index in [2.05, 4.69) is 15.4 Å². The maximum atomic E-state index is 11.4. The van der Waals surface area contributed by atoms with Gasteiger partial charge in [-0.05, 0) is 20.9 Å². The van der Waals surface area contributed by atoms with Crippen molar-refractivity contribution in [1.82, 2.24) is 10.6 Å². The van der Waals surface area contributed by atoms with E-state index in [0.717, 1.165) is 0 Å². The molecular formula is C9H18N2O3. The van der Waals surface area contributed by atoms with Gasteiger partial charge in [0, 0.05) is 6.54 Å². The molecule has 82 valence electrons. The van der Waals surface area contributed by atoms with E-state index in [1.807, 2.05) is 0 Å². The predicted octanol–water partition coefficient (Wildman–Crippen LogP) is -0.336. The monoisotopic (exact) mass is 202 g/mol. The minimum Gasteiger partial charge on any atom is -0.469 e. The minimum atomic E-state index is -0.615. The summed E-state index contributed by atoms with van der Waals surface area (Å²) in [6, 6.07) is 0. The van der Waals surface area contributed by atoms with Gasteiger partial charge in [-0.25, -0.2) is 0 Å². The Morgan fingerprint density at radius 1 is 1.36 bits per heavy atom. The van der Waals surface area contributed by atoms with Gasteiger partial charge in [-0.15, -0.1) is 0 Å². The first kappa shape index (κ1) is 12.9. The number of hydrogen-bond donors (Lipinski definition) is 2. The van der Waals surface area contributed by atoms with Crippen molar-refractivity contribution in [1.29, 1.82) is 0 Å². The fourth-order valence-corrected chi connectivity index (χ4v) is 0.715. The van der Waals surface area contributed by atoms with Gasteiger partial charge in [0.25, 0.3) is 0 Å². The van der Waals surface area contributed by atoms with Crippen LogP contribution in [0.25, 0.3) is 0 Å². The fraction of sp³-hybridized carbons (Fsp3) is 0.778. The molecule has 2 N–H and O–H groups in total. The summed E-state index contributed by atoms with van der Waals surface area (Å²) in [6.07, 6.45) is 0.196. The zero-order valence-corrected chi connectivity index (χ0v) is 9.14. The van der Waals surface area contributed by atoms with E-state index < -0.39 is 5.54 Å². The molecule has 0 spiro atoms. The van der Waals surface area contributed by atoms with Crippen LogP contribution in [0.15, 0.2) is 0 Å². The Morgan fingerprint density at radius 3 is 2.36 bits per heavy atom. The third-order valence-electron chi connectivity index (χ3n) is 2.04. The summed E-state index contributed by atoms with van der Waals surface area (Å²) in [4.78, 5) is 22.2. The van der Waals surface area contributed by atoms with Gasteiger partial charge in [0.2, 0.25) is 5.91 Å². The van der Waals surface area contributed by atoms with Gasteiger partial charge < -0.3 is 15.4 Å². The molecule has 5 heteroatoms. The van der Waals surface area contributed by atoms with Gasteiger partial charge in [-0.1, -0.05) is 0 Å². The van der Waals surface area contributed by atoms with Crippen LogP contribution in [-0.4, -0.2) is 38.1 Å². The highest BCUT2D eigenvalue weighted by atomic mass is 16.5. The van der Waals surface area contributed by atoms with Crippen LogP contribution in [0.3, 0.4) is 0 Å². The number of esters is 1. The SMILES string of the molecule is CNC(C)(C)C(=O)NCCC(=O)OC. The second kappa shape index (κ2) is 5.59. The molecule has 5 nitrogen and oxygen atoms in total. The zero-order valence-electron chi connectivity index (χ0n) is 9.14. The summed E-state index contributed by atoms with van der Waals surface area (Å²) in [6.45, 7) is 3.83. The van der Waals surface area contributed by atoms with E-state index in [1.54, 1.807) is 20.9 Å². The molecule has 0 unspecified atom stereocenters. The van der Waals surface area contributed by atoms with Crippen LogP contribution in [-0.2, 0) is 14.3 Å². The summed E-state index contributed by atoms with van der Waals surface area (Å²) in [5, 5.41) is 5.50. The number of rotatable bonds is 5. The Balaban J connectivity index is 3.80. The number of carbonyl (C=O) groups is 2. The molecule has 0 heterocycles. The number of nitrogens with one attached hydrogen (secondary N) is 2. The lowest BCUT2D eigenvalue weighted by Crippen LogP contribution is -2.51. The fourth-order valence-electron chi connectivity index (χ4n) is 0.715. The normalized spacial score (nSPS) is 10.9. The van der Waals surface area contributed by atoms with Gasteiger partial charge in [-0.2, -0.15) is 0 Å². The van der Waals surface area contributed by atoms with Crippen LogP contribution < -0.4 is 10.6 Å². The first-order valence-corrected chi connectivity index (χ1v) is 4.48. The summed E-state index contributed by atoms with van der Waals surface area (Å²) >= 11 is 0. The number of likely N-dealkylation sites (N-methyl/N-ethyl adjacent to an activating group) is 1. The van der Waals surface area contributed by atoms with E-state index in [-0.39, 0.29) is 18.3 Å². The van der Waals surface area contributed by atoms with Crippen LogP contribution in [0, 0.1) is 0 Å². The molecule has 14 heavy (non-hydrogen) atoms. The summed E-state index contributed by atoms with van der Waals surface area (Å²) < 4.78 is 4.44. The number of methoxy groups -OCH3 is 1. The van der Waals surface area contributed by atoms with Crippen molar-refractivity contribution in [3.8, 4) is 0 Å². The molecule has 0 radical (unpaired) electrons. The summed E-state index contributed by atoms with van der Waals surface area (Å²) in [5.41, 5.74) is -0.615. The largest absolute Gasteiger partial charge is 0.469 e. The van der Waals surface area contributed by atoms with Gasteiger partial charge in [0.1, 0.15) is 0 Å². The number of amides is 1. The standard InChI is InChI=1S/C9H18N2O3/c1-9(2,10-3)8(13)11-6-5-7(12)14-4/h10H,5-6H2,1-4H3,(H,11,13). The van der Waals surface area contributed by atoms with E-state index in [1.165, 1.54) is 7.11 Å². The quantitative estimate of drug-likeness (QED) is 0.599. The van der Waals surface area contributed by atoms with Crippen LogP contribution in [0.1, 0.15) is 20.3 Å². The molecule has 0 aliphatic heterocycles. The average Bonchev–Trinajstić information content (AvgIpc) is 2.17. The summed E-state index contributed by atoms with van der Waals surface area (Å²) in [7, 11) is 3.03. The average molecular weight is 202 g/mol. The first-order chi connectivity index (χ1) is 6.44. The molecule has 0 aromatic carbocycles. The molecule has 0 aliphatic carbocycles. The molecule has 0 saturated heterocycles. The molecule has 0 fully saturated rings. The number of hydrogen-bond acceptors (Lipinski definition) is 4. The highest BCUT2D eigenvalue weighted by molar-refractivity contribution is 5.85. The van der Waals surface area contributed by atoms with Gasteiger partial charge in [0.15, 0.2) is 0 Å². The molecule has 0 bridgehead atoms. The van der Waals surface area contributed by atoms with E-state index >= 15 is 0 Å². The Labute approximate surface area is 84.2 Å². The Bertz CT molecular complexity index is 214. The summed E-state index contributed by atoms with van der Waals surface area (Å²) in [5.74, 6) is -0.462. The topological polar surface area (TPSA) is 67.4 Å². The minimum absolute atomic E-state index is 0.135. The Morgan fingerprint density at radius 2 is 1.93 bits per heavy atom. The van der Waals surface area contributed by atoms with E-state index in [0.29, 0.717) is 6.54 Å². The van der Waals surface area contributed by atoms with Crippen molar-refractivity contribution in [2.75, 3.05) is 20.7 Å². The van der Waals surface area contributed by atoms with Crippen LogP contribution in [0.4, 0.5) is 0 Å². The second-order valence-electron chi connectivity index (χ2n) is 3.46. The zero-order chi connectivity index (χ0) is 11.2. The molecule has 0 saturated carbocycles. The molecule has 0 rings (SSSR count). The smallest absolute Gasteiger partial charge is 0.307 e. The first-order valence-electron chi connectivity index (χ1n) is 4.48. The van der Waals surface area contributed by atoms with Crippen LogP contribution >= 0.6 is 0 Å². The van der Waals surface area contributed by atoms with Gasteiger partial charge >= 0.3 is 5.97 Å². The van der Waals surface area contributed by atoms with Crippen molar-refractivity contribution in [2.45, 2.75) is 25.8 Å². The van der Waals surface area contributed by atoms with Crippen molar-refractivity contribution in [3.63, 3.8) is 0 Å². The van der Waals surface area contributed by atoms with Crippen LogP contribution in [0.5, 0.6) is 0 Å². The number of ether oxygens (including phenoxy) is 1. The van der Waals surface area contributed by atoms with Crippen molar-refractivity contribution in [3.05, 3.63) is 0 Å². The predicted molar refractivity (Wildman–Crippen MR) is 52.8 cm³/mol. The third-order valence-corrected chi connectivity index (χ3v) is 2.04. The van der Waals surface area contributed by atoms with Gasteiger partial charge in [0.05, 0.1) is 19.1 Å². The molecule has 0 aliphatic rings. The van der Waals surface area contributed by atoms with Crippen molar-refractivity contribution >= 4 is 11.9 Å². The maximum Gasteiger partial charge on any atom is 0.307 e. The number of carbonyl (C=O) groups excluding carboxylic acids is 2. The molecule has 0 aromatic rings. The lowest BCUT2D eigenvalue weighted by atomic mass is 10.1. The van der Waals surface area contributed by atoms with E-state index in [4.69, 9.17) is 0 Å². The Hall–Kier alpha value is -1.10. The molecular weight excluding hydrogens is 184 g/mol. The van der Waals surface area contributed by atoms with Crippen LogP contribution in [0.2, 0.25) is 0 Å². The van der Waals surface area contributed by atoms with E-state index in [9.17, 15) is 9.59 Å². The lowest BCUT2D eigenvalue weighted by molar-refractivity contribution is -0.140. The highest BCUT2D eigenvalue weighted by Crippen LogP contribution is 1.99. The molecule has 0 atom stereocenters. The molecule has 0 aromatic heterocycles. The maximum absolute atomic E-state index is 11.4. The van der Waals surface area contributed by atoms with Crippen molar-refractivity contribution < 1.29 is 14.3 Å². The van der Waals surface area contributed by atoms with Crippen molar-refractivity contribution in [2.24, 2.45) is 0 Å². The van der Waals surface area contributed by atoms with Gasteiger partial charge in [-0.3, -0.25) is 9.59 Å². The third kappa shape index (κ3) is 4.23. The highest BCUT2D eigenvalue weighted by Gasteiger charge is 2.24. The lowest BCUT2D eigenvalue weighted by Gasteiger charge is -2.22. The second-order valence-corrected chi connectivity index (χ2v) is 3.46.